The molecule has 3 aromatic rings. The molecule has 7 nitrogen and oxygen atoms in total. The van der Waals surface area contributed by atoms with Gasteiger partial charge in [-0.3, -0.25) is 14.6 Å². The van der Waals surface area contributed by atoms with Gasteiger partial charge in [0.05, 0.1) is 12.6 Å². The van der Waals surface area contributed by atoms with E-state index in [-0.39, 0.29) is 16.9 Å². The van der Waals surface area contributed by atoms with Crippen molar-refractivity contribution in [2.75, 3.05) is 0 Å². The maximum atomic E-state index is 12.7. The second-order valence-electron chi connectivity index (χ2n) is 5.66. The minimum Gasteiger partial charge on any atom is -0.434 e. The number of rotatable bonds is 6. The standard InChI is InChI=1S/C18H14F2N4O3S/c19-17(20)27-14-6-5-10-3-1-2-4-12(10)13(14)9-21-24-16(26)8-11-7-15(25)23-18(28)22-11/h1-7,9,17H,8H2,(H,24,26)(H2,22,23,25,28)/b21-9-. The number of halogens is 2. The molecule has 0 radical (unpaired) electrons. The van der Waals surface area contributed by atoms with Crippen molar-refractivity contribution in [1.82, 2.24) is 15.4 Å². The van der Waals surface area contributed by atoms with Gasteiger partial charge >= 0.3 is 6.61 Å². The first-order chi connectivity index (χ1) is 13.4. The number of nitrogens with zero attached hydrogens (tertiary/aromatic N) is 1. The van der Waals surface area contributed by atoms with Crippen molar-refractivity contribution in [2.45, 2.75) is 13.0 Å². The summed E-state index contributed by atoms with van der Waals surface area (Å²) in [6, 6.07) is 11.4. The van der Waals surface area contributed by atoms with Crippen molar-refractivity contribution in [3.8, 4) is 5.75 Å². The van der Waals surface area contributed by atoms with Crippen LogP contribution in [0, 0.1) is 4.77 Å². The fourth-order valence-electron chi connectivity index (χ4n) is 2.60. The third-order valence-electron chi connectivity index (χ3n) is 3.70. The van der Waals surface area contributed by atoms with E-state index >= 15 is 0 Å². The van der Waals surface area contributed by atoms with Crippen LogP contribution in [0.25, 0.3) is 10.8 Å². The van der Waals surface area contributed by atoms with E-state index in [9.17, 15) is 18.4 Å². The van der Waals surface area contributed by atoms with Gasteiger partial charge in [-0.25, -0.2) is 5.43 Å². The quantitative estimate of drug-likeness (QED) is 0.334. The molecule has 0 saturated heterocycles. The molecule has 0 spiro atoms. The van der Waals surface area contributed by atoms with Crippen LogP contribution in [0.15, 0.2) is 52.4 Å². The zero-order chi connectivity index (χ0) is 20.1. The summed E-state index contributed by atoms with van der Waals surface area (Å²) in [6.45, 7) is -3.00. The molecule has 28 heavy (non-hydrogen) atoms. The predicted octanol–water partition coefficient (Wildman–Crippen LogP) is 2.88. The Hall–Kier alpha value is -3.40. The van der Waals surface area contributed by atoms with Gasteiger partial charge in [0.1, 0.15) is 5.75 Å². The Morgan fingerprint density at radius 3 is 2.79 bits per heavy atom. The van der Waals surface area contributed by atoms with Crippen LogP contribution in [0.1, 0.15) is 11.3 Å². The first kappa shape index (κ1) is 19.4. The molecule has 144 valence electrons. The van der Waals surface area contributed by atoms with Crippen LogP contribution in [0.2, 0.25) is 0 Å². The summed E-state index contributed by atoms with van der Waals surface area (Å²) in [6.07, 6.45) is 1.07. The van der Waals surface area contributed by atoms with E-state index in [2.05, 4.69) is 25.2 Å². The molecule has 1 amide bonds. The number of alkyl halides is 2. The van der Waals surface area contributed by atoms with Gasteiger partial charge in [-0.2, -0.15) is 13.9 Å². The highest BCUT2D eigenvalue weighted by atomic mass is 32.1. The van der Waals surface area contributed by atoms with Crippen LogP contribution >= 0.6 is 12.2 Å². The van der Waals surface area contributed by atoms with E-state index in [1.54, 1.807) is 18.2 Å². The molecular formula is C18H14F2N4O3S. The van der Waals surface area contributed by atoms with Gasteiger partial charge in [-0.15, -0.1) is 0 Å². The van der Waals surface area contributed by atoms with Crippen molar-refractivity contribution in [2.24, 2.45) is 5.10 Å². The molecule has 0 saturated carbocycles. The molecule has 1 aromatic heterocycles. The molecule has 0 atom stereocenters. The van der Waals surface area contributed by atoms with E-state index < -0.39 is 18.1 Å². The van der Waals surface area contributed by atoms with Crippen LogP contribution in [0.3, 0.4) is 0 Å². The minimum atomic E-state index is -3.00. The number of hydrogen-bond donors (Lipinski definition) is 3. The van der Waals surface area contributed by atoms with E-state index in [1.807, 2.05) is 12.1 Å². The van der Waals surface area contributed by atoms with Crippen molar-refractivity contribution in [3.63, 3.8) is 0 Å². The molecule has 10 heteroatoms. The highest BCUT2D eigenvalue weighted by molar-refractivity contribution is 7.71. The third-order valence-corrected chi connectivity index (χ3v) is 3.90. The number of aromatic nitrogens is 2. The van der Waals surface area contributed by atoms with Gasteiger partial charge in [0.15, 0.2) is 4.77 Å². The normalized spacial score (nSPS) is 11.2. The number of hydrogen-bond acceptors (Lipinski definition) is 5. The Morgan fingerprint density at radius 1 is 1.25 bits per heavy atom. The topological polar surface area (TPSA) is 99.3 Å². The van der Waals surface area contributed by atoms with Gasteiger partial charge in [0.25, 0.3) is 5.56 Å². The Labute approximate surface area is 162 Å². The fraction of sp³-hybridized carbons (Fsp3) is 0.111. The SMILES string of the molecule is O=C(Cc1cc(=O)[nH]c(=S)[nH]1)N/N=C\c1c(OC(F)F)ccc2ccccc12. The number of benzene rings is 2. The molecule has 0 bridgehead atoms. The van der Waals surface area contributed by atoms with E-state index in [4.69, 9.17) is 12.2 Å². The fourth-order valence-corrected chi connectivity index (χ4v) is 2.84. The number of hydrazone groups is 1. The number of H-pyrrole nitrogens is 2. The monoisotopic (exact) mass is 404 g/mol. The highest BCUT2D eigenvalue weighted by Gasteiger charge is 2.12. The summed E-state index contributed by atoms with van der Waals surface area (Å²) < 4.78 is 30.0. The molecular weight excluding hydrogens is 390 g/mol. The molecule has 3 N–H and O–H groups in total. The third kappa shape index (κ3) is 4.86. The predicted molar refractivity (Wildman–Crippen MR) is 102 cm³/mol. The van der Waals surface area contributed by atoms with E-state index in [1.165, 1.54) is 18.3 Å². The molecule has 3 rings (SSSR count). The lowest BCUT2D eigenvalue weighted by molar-refractivity contribution is -0.120. The zero-order valence-corrected chi connectivity index (χ0v) is 15.1. The molecule has 1 heterocycles. The lowest BCUT2D eigenvalue weighted by atomic mass is 10.0. The smallest absolute Gasteiger partial charge is 0.387 e. The summed E-state index contributed by atoms with van der Waals surface area (Å²) in [4.78, 5) is 28.4. The Bertz CT molecular complexity index is 1130. The second-order valence-corrected chi connectivity index (χ2v) is 6.07. The maximum Gasteiger partial charge on any atom is 0.387 e. The minimum absolute atomic E-state index is 0.0645. The average molecular weight is 404 g/mol. The highest BCUT2D eigenvalue weighted by Crippen LogP contribution is 2.27. The molecule has 0 aliphatic carbocycles. The number of nitrogens with one attached hydrogen (secondary N) is 3. The van der Waals surface area contributed by atoms with Crippen LogP contribution in [-0.4, -0.2) is 28.7 Å². The summed E-state index contributed by atoms with van der Waals surface area (Å²) in [7, 11) is 0. The second kappa shape index (κ2) is 8.53. The Morgan fingerprint density at radius 2 is 2.04 bits per heavy atom. The molecule has 0 unspecified atom stereocenters. The number of amides is 1. The van der Waals surface area contributed by atoms with Crippen molar-refractivity contribution >= 4 is 35.1 Å². The molecule has 0 aliphatic heterocycles. The van der Waals surface area contributed by atoms with Crippen LogP contribution in [0.5, 0.6) is 5.75 Å². The van der Waals surface area contributed by atoms with Crippen LogP contribution in [0.4, 0.5) is 8.78 Å². The van der Waals surface area contributed by atoms with Gasteiger partial charge in [0, 0.05) is 17.3 Å². The average Bonchev–Trinajstić information content (AvgIpc) is 2.62. The molecule has 0 fully saturated rings. The van der Waals surface area contributed by atoms with Gasteiger partial charge in [-0.05, 0) is 29.1 Å². The first-order valence-corrected chi connectivity index (χ1v) is 8.44. The molecule has 0 aliphatic rings. The van der Waals surface area contributed by atoms with E-state index in [0.29, 0.717) is 16.6 Å². The van der Waals surface area contributed by atoms with Crippen LogP contribution < -0.4 is 15.7 Å². The van der Waals surface area contributed by atoms with Gasteiger partial charge in [-0.1, -0.05) is 30.3 Å². The number of carbonyl (C=O) groups is 1. The van der Waals surface area contributed by atoms with Gasteiger partial charge in [0.2, 0.25) is 5.91 Å². The summed E-state index contributed by atoms with van der Waals surface area (Å²) in [5.74, 6) is -0.588. The Balaban J connectivity index is 1.81. The van der Waals surface area contributed by atoms with E-state index in [0.717, 1.165) is 5.39 Å². The number of aromatic amines is 2. The largest absolute Gasteiger partial charge is 0.434 e. The first-order valence-electron chi connectivity index (χ1n) is 8.03. The van der Waals surface area contributed by atoms with Gasteiger partial charge < -0.3 is 9.72 Å². The van der Waals surface area contributed by atoms with Crippen LogP contribution in [-0.2, 0) is 11.2 Å². The maximum absolute atomic E-state index is 12.7. The van der Waals surface area contributed by atoms with Crippen molar-refractivity contribution in [1.29, 1.82) is 0 Å². The lowest BCUT2D eigenvalue weighted by Crippen LogP contribution is -2.22. The number of fused-ring (bicyclic) bond motifs is 1. The lowest BCUT2D eigenvalue weighted by Gasteiger charge is -2.10. The zero-order valence-electron chi connectivity index (χ0n) is 14.2. The number of carbonyl (C=O) groups excluding carboxylic acids is 1. The summed E-state index contributed by atoms with van der Waals surface area (Å²) in [5.41, 5.74) is 2.47. The summed E-state index contributed by atoms with van der Waals surface area (Å²) in [5, 5.41) is 5.26. The van der Waals surface area contributed by atoms with Crippen molar-refractivity contribution < 1.29 is 18.3 Å². The molecule has 2 aromatic carbocycles. The summed E-state index contributed by atoms with van der Waals surface area (Å²) >= 11 is 4.84. The van der Waals surface area contributed by atoms with Crippen molar-refractivity contribution in [3.05, 3.63) is 68.8 Å². The Kier molecular flexibility index (Phi) is 5.90. The number of ether oxygens (including phenoxy) is 1.